The van der Waals surface area contributed by atoms with Crippen molar-refractivity contribution in [3.63, 3.8) is 0 Å². The van der Waals surface area contributed by atoms with E-state index in [0.29, 0.717) is 11.4 Å². The molecular formula is C17H15N3O2. The predicted molar refractivity (Wildman–Crippen MR) is 84.8 cm³/mol. The topological polar surface area (TPSA) is 64.1 Å². The van der Waals surface area contributed by atoms with Gasteiger partial charge in [0, 0.05) is 5.39 Å². The second kappa shape index (κ2) is 4.87. The molecule has 0 amide bonds. The van der Waals surface area contributed by atoms with Gasteiger partial charge in [-0.05, 0) is 38.1 Å². The summed E-state index contributed by atoms with van der Waals surface area (Å²) in [6.45, 7) is 3.95. The highest BCUT2D eigenvalue weighted by molar-refractivity contribution is 6.05. The van der Waals surface area contributed by atoms with Crippen LogP contribution in [0.2, 0.25) is 0 Å². The lowest BCUT2D eigenvalue weighted by molar-refractivity contribution is 0.466. The Balaban J connectivity index is 1.78. The summed E-state index contributed by atoms with van der Waals surface area (Å²) in [6.07, 6.45) is 1.55. The van der Waals surface area contributed by atoms with Crippen LogP contribution in [0.4, 0.5) is 5.82 Å². The van der Waals surface area contributed by atoms with Gasteiger partial charge in [0.25, 0.3) is 0 Å². The quantitative estimate of drug-likeness (QED) is 0.604. The average Bonchev–Trinajstić information content (AvgIpc) is 3.12. The van der Waals surface area contributed by atoms with Crippen LogP contribution in [0.15, 0.2) is 51.6 Å². The Hall–Kier alpha value is -2.82. The summed E-state index contributed by atoms with van der Waals surface area (Å²) in [7, 11) is 0. The van der Waals surface area contributed by atoms with Crippen LogP contribution in [0.1, 0.15) is 24.5 Å². The van der Waals surface area contributed by atoms with Gasteiger partial charge in [-0.1, -0.05) is 12.1 Å². The van der Waals surface area contributed by atoms with Gasteiger partial charge >= 0.3 is 0 Å². The Morgan fingerprint density at radius 3 is 2.73 bits per heavy atom. The molecule has 0 aliphatic rings. The Kier molecular flexibility index (Phi) is 2.85. The number of para-hydroxylation sites is 1. The van der Waals surface area contributed by atoms with E-state index in [1.54, 1.807) is 6.33 Å². The van der Waals surface area contributed by atoms with Crippen molar-refractivity contribution >= 4 is 27.9 Å². The molecule has 0 fully saturated rings. The van der Waals surface area contributed by atoms with E-state index in [1.165, 1.54) is 0 Å². The van der Waals surface area contributed by atoms with E-state index in [2.05, 4.69) is 15.3 Å². The molecular weight excluding hydrogens is 278 g/mol. The third-order valence-corrected chi connectivity index (χ3v) is 3.70. The fourth-order valence-corrected chi connectivity index (χ4v) is 2.59. The van der Waals surface area contributed by atoms with Gasteiger partial charge in [0.15, 0.2) is 11.4 Å². The van der Waals surface area contributed by atoms with Crippen molar-refractivity contribution in [1.82, 2.24) is 9.97 Å². The van der Waals surface area contributed by atoms with E-state index < -0.39 is 0 Å². The van der Waals surface area contributed by atoms with Crippen molar-refractivity contribution in [2.75, 3.05) is 5.32 Å². The minimum atomic E-state index is -0.0139. The lowest BCUT2D eigenvalue weighted by Crippen LogP contribution is -2.07. The van der Waals surface area contributed by atoms with Gasteiger partial charge in [-0.25, -0.2) is 9.97 Å². The van der Waals surface area contributed by atoms with E-state index in [1.807, 2.05) is 50.2 Å². The molecule has 1 unspecified atom stereocenters. The van der Waals surface area contributed by atoms with Crippen molar-refractivity contribution in [2.24, 2.45) is 0 Å². The highest BCUT2D eigenvalue weighted by Crippen LogP contribution is 2.32. The van der Waals surface area contributed by atoms with Gasteiger partial charge in [-0.2, -0.15) is 0 Å². The summed E-state index contributed by atoms with van der Waals surface area (Å²) >= 11 is 0. The fourth-order valence-electron chi connectivity index (χ4n) is 2.59. The molecule has 1 aromatic carbocycles. The third-order valence-electron chi connectivity index (χ3n) is 3.70. The third kappa shape index (κ3) is 2.02. The maximum Gasteiger partial charge on any atom is 0.196 e. The summed E-state index contributed by atoms with van der Waals surface area (Å²) in [5, 5.41) is 4.33. The lowest BCUT2D eigenvalue weighted by atomic mass is 10.2. The molecule has 0 radical (unpaired) electrons. The van der Waals surface area contributed by atoms with Crippen molar-refractivity contribution in [3.05, 3.63) is 54.2 Å². The van der Waals surface area contributed by atoms with Gasteiger partial charge in [0.1, 0.15) is 28.9 Å². The second-order valence-electron chi connectivity index (χ2n) is 5.31. The van der Waals surface area contributed by atoms with Gasteiger partial charge in [-0.15, -0.1) is 0 Å². The molecule has 0 aliphatic carbocycles. The Labute approximate surface area is 127 Å². The molecule has 3 aromatic heterocycles. The first-order valence-electron chi connectivity index (χ1n) is 7.17. The number of hydrogen-bond donors (Lipinski definition) is 1. The fraction of sp³-hybridized carbons (Fsp3) is 0.176. The summed E-state index contributed by atoms with van der Waals surface area (Å²) in [6, 6.07) is 11.7. The summed E-state index contributed by atoms with van der Waals surface area (Å²) in [4.78, 5) is 8.66. The zero-order valence-electron chi connectivity index (χ0n) is 12.3. The molecule has 5 heteroatoms. The Morgan fingerprint density at radius 1 is 1.05 bits per heavy atom. The maximum absolute atomic E-state index is 5.91. The van der Waals surface area contributed by atoms with Crippen LogP contribution < -0.4 is 5.32 Å². The molecule has 0 aliphatic heterocycles. The molecule has 4 rings (SSSR count). The van der Waals surface area contributed by atoms with Crippen molar-refractivity contribution in [3.8, 4) is 0 Å². The summed E-state index contributed by atoms with van der Waals surface area (Å²) in [5.74, 6) is 2.42. The van der Waals surface area contributed by atoms with Crippen molar-refractivity contribution in [2.45, 2.75) is 19.9 Å². The standard InChI is InChI=1S/C17H15N3O2/c1-10-7-8-13(21-10)11(2)20-17-16-15(18-9-19-17)12-5-3-4-6-14(12)22-16/h3-9,11H,1-2H3,(H,18,19,20). The first kappa shape index (κ1) is 12.9. The molecule has 0 bridgehead atoms. The molecule has 1 atom stereocenters. The lowest BCUT2D eigenvalue weighted by Gasteiger charge is -2.11. The molecule has 0 saturated carbocycles. The van der Waals surface area contributed by atoms with E-state index in [9.17, 15) is 0 Å². The van der Waals surface area contributed by atoms with E-state index in [-0.39, 0.29) is 6.04 Å². The minimum absolute atomic E-state index is 0.0139. The molecule has 3 heterocycles. The number of nitrogens with one attached hydrogen (secondary N) is 1. The normalized spacial score (nSPS) is 12.8. The zero-order valence-corrected chi connectivity index (χ0v) is 12.3. The monoisotopic (exact) mass is 293 g/mol. The van der Waals surface area contributed by atoms with Crippen LogP contribution in [-0.2, 0) is 0 Å². The number of benzene rings is 1. The maximum atomic E-state index is 5.91. The van der Waals surface area contributed by atoms with E-state index in [0.717, 1.165) is 28.0 Å². The molecule has 5 nitrogen and oxygen atoms in total. The van der Waals surface area contributed by atoms with Crippen LogP contribution >= 0.6 is 0 Å². The minimum Gasteiger partial charge on any atom is -0.464 e. The van der Waals surface area contributed by atoms with Gasteiger partial charge < -0.3 is 14.2 Å². The zero-order chi connectivity index (χ0) is 15.1. The van der Waals surface area contributed by atoms with Gasteiger partial charge in [-0.3, -0.25) is 0 Å². The second-order valence-corrected chi connectivity index (χ2v) is 5.31. The summed E-state index contributed by atoms with van der Waals surface area (Å²) in [5.41, 5.74) is 2.29. The first-order chi connectivity index (χ1) is 10.7. The van der Waals surface area contributed by atoms with E-state index >= 15 is 0 Å². The van der Waals surface area contributed by atoms with E-state index in [4.69, 9.17) is 8.83 Å². The molecule has 22 heavy (non-hydrogen) atoms. The highest BCUT2D eigenvalue weighted by atomic mass is 16.3. The average molecular weight is 293 g/mol. The number of hydrogen-bond acceptors (Lipinski definition) is 5. The van der Waals surface area contributed by atoms with Crippen LogP contribution in [0, 0.1) is 6.92 Å². The van der Waals surface area contributed by atoms with Crippen LogP contribution in [-0.4, -0.2) is 9.97 Å². The number of rotatable bonds is 3. The van der Waals surface area contributed by atoms with Gasteiger partial charge in [0.05, 0.1) is 6.04 Å². The largest absolute Gasteiger partial charge is 0.464 e. The number of aryl methyl sites for hydroxylation is 1. The molecule has 0 spiro atoms. The number of aromatic nitrogens is 2. The van der Waals surface area contributed by atoms with Crippen molar-refractivity contribution in [1.29, 1.82) is 0 Å². The predicted octanol–water partition coefficient (Wildman–Crippen LogP) is 4.45. The van der Waals surface area contributed by atoms with Crippen molar-refractivity contribution < 1.29 is 8.83 Å². The molecule has 0 saturated heterocycles. The smallest absolute Gasteiger partial charge is 0.196 e. The number of fused-ring (bicyclic) bond motifs is 3. The Bertz CT molecular complexity index is 955. The Morgan fingerprint density at radius 2 is 1.91 bits per heavy atom. The number of furan rings is 2. The first-order valence-corrected chi connectivity index (χ1v) is 7.17. The highest BCUT2D eigenvalue weighted by Gasteiger charge is 2.16. The summed E-state index contributed by atoms with van der Waals surface area (Å²) < 4.78 is 11.6. The van der Waals surface area contributed by atoms with Crippen LogP contribution in [0.25, 0.3) is 22.1 Å². The number of anilines is 1. The molecule has 4 aromatic rings. The number of nitrogens with zero attached hydrogens (tertiary/aromatic N) is 2. The molecule has 110 valence electrons. The molecule has 1 N–H and O–H groups in total. The van der Waals surface area contributed by atoms with Gasteiger partial charge in [0.2, 0.25) is 0 Å². The SMILES string of the molecule is Cc1ccc(C(C)Nc2ncnc3c2oc2ccccc23)o1. The van der Waals surface area contributed by atoms with Crippen LogP contribution in [0.5, 0.6) is 0 Å². The van der Waals surface area contributed by atoms with Crippen LogP contribution in [0.3, 0.4) is 0 Å².